The first-order chi connectivity index (χ1) is 7.47. The van der Waals surface area contributed by atoms with E-state index in [1.54, 1.807) is 0 Å². The van der Waals surface area contributed by atoms with Gasteiger partial charge >= 0.3 is 0 Å². The number of alkyl halides is 2. The average molecular weight is 237 g/mol. The summed E-state index contributed by atoms with van der Waals surface area (Å²) in [6, 6.07) is 0.338. The molecular weight excluding hydrogens is 212 g/mol. The van der Waals surface area contributed by atoms with E-state index in [1.165, 1.54) is 7.11 Å². The first-order valence-electron chi connectivity index (χ1n) is 6.08. The number of methoxy groups -OCH3 is 1. The highest BCUT2D eigenvalue weighted by molar-refractivity contribution is 4.87. The molecule has 1 aliphatic rings. The molecule has 0 bridgehead atoms. The predicted molar refractivity (Wildman–Crippen MR) is 63.0 cm³/mol. The van der Waals surface area contributed by atoms with Crippen molar-refractivity contribution in [3.8, 4) is 0 Å². The molecule has 0 aromatic rings. The van der Waals surface area contributed by atoms with E-state index in [4.69, 9.17) is 4.74 Å². The van der Waals surface area contributed by atoms with Crippen molar-refractivity contribution in [3.63, 3.8) is 0 Å². The van der Waals surface area contributed by atoms with Crippen LogP contribution in [-0.2, 0) is 4.74 Å². The molecule has 1 aliphatic heterocycles. The molecule has 1 saturated heterocycles. The molecule has 1 rings (SSSR count). The van der Waals surface area contributed by atoms with Gasteiger partial charge in [0, 0.05) is 32.7 Å². The van der Waals surface area contributed by atoms with Crippen molar-refractivity contribution < 1.29 is 13.5 Å². The van der Waals surface area contributed by atoms with Crippen LogP contribution in [0, 0.1) is 5.92 Å². The second-order valence-electron chi connectivity index (χ2n) is 4.25. The second-order valence-corrected chi connectivity index (χ2v) is 4.25. The Kier molecular flexibility index (Phi) is 7.07. The zero-order valence-corrected chi connectivity index (χ0v) is 11.1. The lowest BCUT2D eigenvalue weighted by atomic mass is 9.93. The molecule has 1 fully saturated rings. The molecule has 1 unspecified atom stereocenters. The maximum atomic E-state index is 13.4. The Hall–Kier alpha value is -0.220. The summed E-state index contributed by atoms with van der Waals surface area (Å²) in [4.78, 5) is 2.08. The van der Waals surface area contributed by atoms with Crippen molar-refractivity contribution in [2.24, 2.45) is 5.92 Å². The monoisotopic (exact) mass is 237 g/mol. The Morgan fingerprint density at radius 1 is 1.38 bits per heavy atom. The number of hydrogen-bond donors (Lipinski definition) is 0. The number of rotatable bonds is 3. The second kappa shape index (κ2) is 7.17. The van der Waals surface area contributed by atoms with Gasteiger partial charge in [-0.3, -0.25) is 0 Å². The molecule has 0 N–H and O–H groups in total. The molecule has 1 heterocycles. The molecule has 0 saturated carbocycles. The zero-order valence-electron chi connectivity index (χ0n) is 11.1. The molecule has 0 spiro atoms. The summed E-state index contributed by atoms with van der Waals surface area (Å²) in [6.45, 7) is 9.15. The highest BCUT2D eigenvalue weighted by Gasteiger charge is 2.44. The summed E-state index contributed by atoms with van der Waals surface area (Å²) in [5, 5.41) is 0. The van der Waals surface area contributed by atoms with Crippen LogP contribution < -0.4 is 0 Å². The Morgan fingerprint density at radius 3 is 2.38 bits per heavy atom. The van der Waals surface area contributed by atoms with E-state index in [0.717, 1.165) is 0 Å². The van der Waals surface area contributed by atoms with E-state index in [0.29, 0.717) is 19.1 Å². The smallest absolute Gasteiger partial charge is 0.255 e. The fourth-order valence-electron chi connectivity index (χ4n) is 1.85. The topological polar surface area (TPSA) is 12.5 Å². The van der Waals surface area contributed by atoms with Crippen molar-refractivity contribution in [1.29, 1.82) is 0 Å². The molecule has 2 nitrogen and oxygen atoms in total. The van der Waals surface area contributed by atoms with Gasteiger partial charge in [-0.2, -0.15) is 0 Å². The first kappa shape index (κ1) is 15.8. The van der Waals surface area contributed by atoms with Crippen molar-refractivity contribution in [3.05, 3.63) is 0 Å². The first-order valence-corrected chi connectivity index (χ1v) is 6.08. The molecule has 4 heteroatoms. The van der Waals surface area contributed by atoms with Crippen LogP contribution in [-0.4, -0.2) is 43.7 Å². The summed E-state index contributed by atoms with van der Waals surface area (Å²) < 4.78 is 31.6. The van der Waals surface area contributed by atoms with E-state index < -0.39 is 11.8 Å². The van der Waals surface area contributed by atoms with Crippen LogP contribution in [0.2, 0.25) is 0 Å². The minimum Gasteiger partial charge on any atom is -0.384 e. The number of halogens is 2. The number of hydrogen-bond acceptors (Lipinski definition) is 2. The fourth-order valence-corrected chi connectivity index (χ4v) is 1.85. The van der Waals surface area contributed by atoms with Gasteiger partial charge in [0.15, 0.2) is 0 Å². The van der Waals surface area contributed by atoms with E-state index in [-0.39, 0.29) is 13.0 Å². The van der Waals surface area contributed by atoms with Crippen molar-refractivity contribution in [2.45, 2.75) is 46.1 Å². The van der Waals surface area contributed by atoms with Gasteiger partial charge < -0.3 is 9.64 Å². The van der Waals surface area contributed by atoms with Crippen molar-refractivity contribution >= 4 is 0 Å². The Morgan fingerprint density at radius 2 is 1.94 bits per heavy atom. The number of likely N-dealkylation sites (tertiary alicyclic amines) is 1. The standard InChI is InChI=1S/C10H19F2NO.C2H6/c1-8(2)13-5-4-10(11,12)9(6-13)7-14-3;1-2/h8-9H,4-7H2,1-3H3;1-2H3. The Bertz CT molecular complexity index is 186. The zero-order chi connectivity index (χ0) is 12.8. The van der Waals surface area contributed by atoms with Gasteiger partial charge in [0.05, 0.1) is 12.5 Å². The minimum atomic E-state index is -2.55. The maximum absolute atomic E-state index is 13.4. The van der Waals surface area contributed by atoms with Gasteiger partial charge in [-0.25, -0.2) is 8.78 Å². The van der Waals surface area contributed by atoms with Crippen LogP contribution in [0.15, 0.2) is 0 Å². The largest absolute Gasteiger partial charge is 0.384 e. The highest BCUT2D eigenvalue weighted by atomic mass is 19.3. The molecule has 0 aromatic heterocycles. The third-order valence-electron chi connectivity index (χ3n) is 2.88. The van der Waals surface area contributed by atoms with Gasteiger partial charge in [-0.1, -0.05) is 13.8 Å². The SMILES string of the molecule is CC.COCC1CN(C(C)C)CCC1(F)F. The third-order valence-corrected chi connectivity index (χ3v) is 2.88. The normalized spacial score (nSPS) is 25.1. The van der Waals surface area contributed by atoms with Crippen LogP contribution in [0.3, 0.4) is 0 Å². The van der Waals surface area contributed by atoms with Crippen molar-refractivity contribution in [2.75, 3.05) is 26.8 Å². The van der Waals surface area contributed by atoms with Gasteiger partial charge in [0.1, 0.15) is 0 Å². The maximum Gasteiger partial charge on any atom is 0.255 e. The quantitative estimate of drug-likeness (QED) is 0.748. The van der Waals surface area contributed by atoms with Gasteiger partial charge in [-0.05, 0) is 13.8 Å². The molecule has 98 valence electrons. The van der Waals surface area contributed by atoms with E-state index in [2.05, 4.69) is 4.90 Å². The highest BCUT2D eigenvalue weighted by Crippen LogP contribution is 2.34. The number of piperidine rings is 1. The minimum absolute atomic E-state index is 0.0425. The van der Waals surface area contributed by atoms with E-state index >= 15 is 0 Å². The van der Waals surface area contributed by atoms with Crippen LogP contribution in [0.1, 0.15) is 34.1 Å². The van der Waals surface area contributed by atoms with Gasteiger partial charge in [-0.15, -0.1) is 0 Å². The summed E-state index contributed by atoms with van der Waals surface area (Å²) in [5.41, 5.74) is 0. The van der Waals surface area contributed by atoms with Crippen molar-refractivity contribution in [1.82, 2.24) is 4.90 Å². The fraction of sp³-hybridized carbons (Fsp3) is 1.00. The molecule has 0 aliphatic carbocycles. The Labute approximate surface area is 98.0 Å². The summed E-state index contributed by atoms with van der Waals surface area (Å²) in [5.74, 6) is -3.20. The lowest BCUT2D eigenvalue weighted by Crippen LogP contribution is -2.50. The predicted octanol–water partition coefficient (Wildman–Crippen LogP) is 3.02. The molecule has 0 amide bonds. The van der Waals surface area contributed by atoms with E-state index in [1.807, 2.05) is 27.7 Å². The van der Waals surface area contributed by atoms with Crippen LogP contribution in [0.25, 0.3) is 0 Å². The summed E-state index contributed by atoms with van der Waals surface area (Å²) in [6.07, 6.45) is -0.0425. The number of nitrogens with zero attached hydrogens (tertiary/aromatic N) is 1. The number of ether oxygens (including phenoxy) is 1. The van der Waals surface area contributed by atoms with Crippen LogP contribution in [0.4, 0.5) is 8.78 Å². The van der Waals surface area contributed by atoms with Crippen LogP contribution >= 0.6 is 0 Å². The summed E-state index contributed by atoms with van der Waals surface area (Å²) >= 11 is 0. The lowest BCUT2D eigenvalue weighted by Gasteiger charge is -2.39. The van der Waals surface area contributed by atoms with E-state index in [9.17, 15) is 8.78 Å². The average Bonchev–Trinajstić information content (AvgIpc) is 2.24. The van der Waals surface area contributed by atoms with Crippen LogP contribution in [0.5, 0.6) is 0 Å². The molecule has 16 heavy (non-hydrogen) atoms. The van der Waals surface area contributed by atoms with Gasteiger partial charge in [0.25, 0.3) is 5.92 Å². The molecular formula is C12H25F2NO. The summed E-state index contributed by atoms with van der Waals surface area (Å²) in [7, 11) is 1.48. The Balaban J connectivity index is 0.00000106. The lowest BCUT2D eigenvalue weighted by molar-refractivity contribution is -0.128. The third kappa shape index (κ3) is 4.34. The molecule has 0 radical (unpaired) electrons. The molecule has 1 atom stereocenters. The molecule has 0 aromatic carbocycles. The van der Waals surface area contributed by atoms with Gasteiger partial charge in [0.2, 0.25) is 0 Å².